The van der Waals surface area contributed by atoms with Gasteiger partial charge in [0.15, 0.2) is 11.0 Å². The van der Waals surface area contributed by atoms with E-state index in [4.69, 9.17) is 5.41 Å². The third kappa shape index (κ3) is 9.58. The minimum absolute atomic E-state index is 0.0605. The molecular weight excluding hydrogens is 603 g/mol. The number of nitriles is 1. The molecule has 2 amide bonds. The van der Waals surface area contributed by atoms with Crippen LogP contribution in [0, 0.1) is 16.7 Å². The van der Waals surface area contributed by atoms with E-state index in [2.05, 4.69) is 56.2 Å². The fourth-order valence-corrected chi connectivity index (χ4v) is 5.47. The molecule has 45 heavy (non-hydrogen) atoms. The number of hydrogen-bond acceptors (Lipinski definition) is 5. The average Bonchev–Trinajstić information content (AvgIpc) is 3.02. The molecule has 3 aromatic rings. The Hall–Kier alpha value is -4.83. The van der Waals surface area contributed by atoms with Crippen LogP contribution in [0.15, 0.2) is 82.8 Å². The van der Waals surface area contributed by atoms with Crippen molar-refractivity contribution in [2.75, 3.05) is 29.1 Å². The molecule has 0 radical (unpaired) electrons. The second kappa shape index (κ2) is 15.3. The van der Waals surface area contributed by atoms with Crippen molar-refractivity contribution in [3.8, 4) is 11.8 Å². The van der Waals surface area contributed by atoms with E-state index in [-0.39, 0.29) is 18.1 Å². The molecule has 0 bridgehead atoms. The zero-order chi connectivity index (χ0) is 32.4. The Morgan fingerprint density at radius 2 is 1.84 bits per heavy atom. The lowest BCUT2D eigenvalue weighted by molar-refractivity contribution is -0.274. The average molecular weight is 636 g/mol. The number of ether oxygens (including phenoxy) is 1. The summed E-state index contributed by atoms with van der Waals surface area (Å²) < 4.78 is 40.7. The number of amides is 2. The fourth-order valence-electron chi connectivity index (χ4n) is 4.52. The first-order valence-corrected chi connectivity index (χ1v) is 15.1. The highest BCUT2D eigenvalue weighted by molar-refractivity contribution is 8.14. The lowest BCUT2D eigenvalue weighted by atomic mass is 9.99. The van der Waals surface area contributed by atoms with E-state index in [1.165, 1.54) is 35.8 Å². The lowest BCUT2D eigenvalue weighted by Crippen LogP contribution is -2.36. The van der Waals surface area contributed by atoms with Gasteiger partial charge in [0.1, 0.15) is 5.75 Å². The van der Waals surface area contributed by atoms with Crippen molar-refractivity contribution in [1.82, 2.24) is 5.32 Å². The monoisotopic (exact) mass is 635 g/mol. The molecule has 1 heterocycles. The van der Waals surface area contributed by atoms with Crippen LogP contribution in [-0.4, -0.2) is 48.6 Å². The van der Waals surface area contributed by atoms with E-state index < -0.39 is 18.3 Å². The number of para-hydroxylation sites is 1. The number of thioether (sulfide) groups is 1. The Balaban J connectivity index is 1.32. The Bertz CT molecular complexity index is 1580. The highest BCUT2D eigenvalue weighted by atomic mass is 32.2. The van der Waals surface area contributed by atoms with Gasteiger partial charge < -0.3 is 20.3 Å². The maximum atomic E-state index is 12.8. The summed E-state index contributed by atoms with van der Waals surface area (Å²) in [7, 11) is 0. The van der Waals surface area contributed by atoms with E-state index in [9.17, 15) is 23.2 Å². The summed E-state index contributed by atoms with van der Waals surface area (Å²) in [5.41, 5.74) is 3.82. The van der Waals surface area contributed by atoms with Crippen molar-refractivity contribution in [3.05, 3.63) is 89.5 Å². The molecule has 0 spiro atoms. The van der Waals surface area contributed by atoms with Crippen LogP contribution in [0.25, 0.3) is 0 Å². The number of nitrogens with zero attached hydrogens (tertiary/aromatic N) is 4. The van der Waals surface area contributed by atoms with Gasteiger partial charge in [-0.25, -0.2) is 9.79 Å². The summed E-state index contributed by atoms with van der Waals surface area (Å²) in [6.07, 6.45) is -2.55. The second-order valence-electron chi connectivity index (χ2n) is 10.3. The van der Waals surface area contributed by atoms with E-state index in [0.717, 1.165) is 36.5 Å². The third-order valence-corrected chi connectivity index (χ3v) is 7.81. The van der Waals surface area contributed by atoms with Crippen LogP contribution in [0.2, 0.25) is 0 Å². The molecule has 13 heteroatoms. The number of anilines is 2. The SMILES string of the molecule is CC(C)c1ccccc1N1CCCS/C1=N\C(=O)NCC(C#N)c1ccc(C(=N)/N=C\Nc2ccc(OC(F)(F)F)cc2)cc1. The first-order valence-electron chi connectivity index (χ1n) is 14.1. The van der Waals surface area contributed by atoms with E-state index in [1.807, 2.05) is 18.2 Å². The Morgan fingerprint density at radius 3 is 2.51 bits per heavy atom. The number of nitrogens with one attached hydrogen (secondary N) is 3. The van der Waals surface area contributed by atoms with Gasteiger partial charge in [0, 0.05) is 35.8 Å². The van der Waals surface area contributed by atoms with Crippen molar-refractivity contribution >= 4 is 46.5 Å². The number of halogens is 3. The molecule has 1 atom stereocenters. The number of urea groups is 1. The molecule has 9 nitrogen and oxygen atoms in total. The smallest absolute Gasteiger partial charge is 0.406 e. The summed E-state index contributed by atoms with van der Waals surface area (Å²) in [4.78, 5) is 23.3. The molecule has 1 aliphatic heterocycles. The molecule has 1 saturated heterocycles. The van der Waals surface area contributed by atoms with Gasteiger partial charge in [0.2, 0.25) is 0 Å². The summed E-state index contributed by atoms with van der Waals surface area (Å²) in [5, 5.41) is 24.1. The van der Waals surface area contributed by atoms with Gasteiger partial charge in [-0.05, 0) is 53.8 Å². The number of carbonyl (C=O) groups excluding carboxylic acids is 1. The zero-order valence-corrected chi connectivity index (χ0v) is 25.5. The summed E-state index contributed by atoms with van der Waals surface area (Å²) in [5.74, 6) is 0.123. The lowest BCUT2D eigenvalue weighted by Gasteiger charge is -2.31. The molecule has 1 fully saturated rings. The van der Waals surface area contributed by atoms with Crippen LogP contribution < -0.4 is 20.3 Å². The maximum Gasteiger partial charge on any atom is 0.573 e. The molecule has 0 saturated carbocycles. The van der Waals surface area contributed by atoms with Gasteiger partial charge in [-0.2, -0.15) is 10.3 Å². The largest absolute Gasteiger partial charge is 0.573 e. The van der Waals surface area contributed by atoms with Crippen molar-refractivity contribution in [3.63, 3.8) is 0 Å². The number of alkyl halides is 3. The van der Waals surface area contributed by atoms with Gasteiger partial charge in [0.05, 0.1) is 18.3 Å². The van der Waals surface area contributed by atoms with Crippen molar-refractivity contribution < 1.29 is 22.7 Å². The highest BCUT2D eigenvalue weighted by Gasteiger charge is 2.31. The molecule has 1 aliphatic rings. The number of aliphatic imine (C=N–C) groups is 2. The fraction of sp³-hybridized carbons (Fsp3) is 0.281. The van der Waals surface area contributed by atoms with Crippen LogP contribution >= 0.6 is 11.8 Å². The topological polar surface area (TPSA) is 126 Å². The predicted molar refractivity (Wildman–Crippen MR) is 173 cm³/mol. The Kier molecular flexibility index (Phi) is 11.2. The van der Waals surface area contributed by atoms with E-state index >= 15 is 0 Å². The quantitative estimate of drug-likeness (QED) is 0.165. The molecule has 234 valence electrons. The van der Waals surface area contributed by atoms with Crippen LogP contribution in [0.5, 0.6) is 5.75 Å². The molecule has 0 aromatic heterocycles. The third-order valence-electron chi connectivity index (χ3n) is 6.75. The Labute approximate surface area is 263 Å². The van der Waals surface area contributed by atoms with Crippen LogP contribution in [0.1, 0.15) is 48.8 Å². The second-order valence-corrected chi connectivity index (χ2v) is 11.3. The molecule has 0 aliphatic carbocycles. The van der Waals surface area contributed by atoms with E-state index in [0.29, 0.717) is 27.9 Å². The molecule has 3 aromatic carbocycles. The first kappa shape index (κ1) is 33.1. The normalized spacial score (nSPS) is 15.1. The molecule has 1 unspecified atom stereocenters. The standard InChI is InChI=1S/C32H32F3N7O2S/c1-21(2)27-6-3-4-7-28(27)42-16-5-17-45-31(42)41-30(43)38-19-24(18-36)22-8-10-23(11-9-22)29(37)40-20-39-25-12-14-26(15-13-25)44-32(33,34)35/h3-4,6-15,20-21,24H,5,16-17,19H2,1-2H3,(H,38,43)(H2,37,39,40)/b41-31-. The van der Waals surface area contributed by atoms with Crippen molar-refractivity contribution in [1.29, 1.82) is 10.7 Å². The van der Waals surface area contributed by atoms with Gasteiger partial charge in [-0.1, -0.05) is 68.1 Å². The first-order chi connectivity index (χ1) is 21.5. The number of hydrogen-bond donors (Lipinski definition) is 3. The van der Waals surface area contributed by atoms with Gasteiger partial charge in [-0.15, -0.1) is 13.2 Å². The minimum Gasteiger partial charge on any atom is -0.406 e. The Morgan fingerprint density at radius 1 is 1.13 bits per heavy atom. The molecule has 3 N–H and O–H groups in total. The number of amidine groups is 2. The summed E-state index contributed by atoms with van der Waals surface area (Å²) >= 11 is 1.53. The number of rotatable bonds is 9. The van der Waals surface area contributed by atoms with Gasteiger partial charge >= 0.3 is 12.4 Å². The number of benzene rings is 3. The van der Waals surface area contributed by atoms with E-state index in [1.54, 1.807) is 24.3 Å². The van der Waals surface area contributed by atoms with Crippen molar-refractivity contribution in [2.24, 2.45) is 9.98 Å². The van der Waals surface area contributed by atoms with Crippen LogP contribution in [0.4, 0.5) is 29.3 Å². The van der Waals surface area contributed by atoms with Crippen LogP contribution in [-0.2, 0) is 0 Å². The highest BCUT2D eigenvalue weighted by Crippen LogP contribution is 2.32. The maximum absolute atomic E-state index is 12.8. The number of carbonyl (C=O) groups is 1. The predicted octanol–water partition coefficient (Wildman–Crippen LogP) is 7.49. The molecule has 4 rings (SSSR count). The summed E-state index contributed by atoms with van der Waals surface area (Å²) in [6.45, 7) is 5.09. The summed E-state index contributed by atoms with van der Waals surface area (Å²) in [6, 6.07) is 21.6. The van der Waals surface area contributed by atoms with Crippen molar-refractivity contribution in [2.45, 2.75) is 38.5 Å². The zero-order valence-electron chi connectivity index (χ0n) is 24.6. The minimum atomic E-state index is -4.77. The van der Waals surface area contributed by atoms with Crippen LogP contribution in [0.3, 0.4) is 0 Å². The molecular formula is C32H32F3N7O2S. The van der Waals surface area contributed by atoms with Gasteiger partial charge in [0.25, 0.3) is 0 Å². The van der Waals surface area contributed by atoms with Gasteiger partial charge in [-0.3, -0.25) is 5.41 Å².